The van der Waals surface area contributed by atoms with Gasteiger partial charge >= 0.3 is 6.09 Å². The molecular weight excluding hydrogens is 290 g/mol. The predicted molar refractivity (Wildman–Crippen MR) is 88.1 cm³/mol. The van der Waals surface area contributed by atoms with Gasteiger partial charge in [0.05, 0.1) is 6.54 Å². The number of likely N-dealkylation sites (tertiary alicyclic amines) is 1. The molecule has 0 atom stereocenters. The number of hydrogen-bond acceptors (Lipinski definition) is 3. The van der Waals surface area contributed by atoms with Crippen molar-refractivity contribution in [3.8, 4) is 0 Å². The van der Waals surface area contributed by atoms with E-state index in [-0.39, 0.29) is 11.7 Å². The number of rotatable bonds is 3. The Bertz CT molecular complexity index is 528. The first-order valence-electron chi connectivity index (χ1n) is 9.08. The number of carbonyl (C=O) groups is 1. The van der Waals surface area contributed by atoms with Crippen LogP contribution in [0.1, 0.15) is 50.6 Å². The third-order valence-corrected chi connectivity index (χ3v) is 5.82. The van der Waals surface area contributed by atoms with Crippen molar-refractivity contribution in [1.82, 2.24) is 14.8 Å². The standard InChI is InChI=1S/C18H27N3O2/c22-17-21(14-18(23-17)8-2-1-3-9-18)16-6-11-20(12-7-16)13-15-5-4-10-19-15/h4-5,10,16,19H,1-3,6-9,11-14H2. The monoisotopic (exact) mass is 317 g/mol. The Hall–Kier alpha value is -1.49. The number of carbonyl (C=O) groups excluding carboxylic acids is 1. The Balaban J connectivity index is 1.32. The molecule has 3 heterocycles. The average Bonchev–Trinajstić information content (AvgIpc) is 3.17. The molecule has 1 amide bonds. The Morgan fingerprint density at radius 2 is 2.00 bits per heavy atom. The van der Waals surface area contributed by atoms with Crippen LogP contribution in [0.3, 0.4) is 0 Å². The maximum atomic E-state index is 12.4. The number of nitrogens with one attached hydrogen (secondary N) is 1. The fourth-order valence-corrected chi connectivity index (χ4v) is 4.48. The largest absolute Gasteiger partial charge is 0.441 e. The zero-order valence-corrected chi connectivity index (χ0v) is 13.8. The highest BCUT2D eigenvalue weighted by molar-refractivity contribution is 5.71. The van der Waals surface area contributed by atoms with Crippen LogP contribution < -0.4 is 0 Å². The highest BCUT2D eigenvalue weighted by atomic mass is 16.6. The molecule has 3 fully saturated rings. The molecule has 3 aliphatic rings. The topological polar surface area (TPSA) is 48.6 Å². The summed E-state index contributed by atoms with van der Waals surface area (Å²) in [5.41, 5.74) is 1.11. The highest BCUT2D eigenvalue weighted by Gasteiger charge is 2.47. The van der Waals surface area contributed by atoms with E-state index in [0.29, 0.717) is 6.04 Å². The molecule has 1 aliphatic carbocycles. The summed E-state index contributed by atoms with van der Waals surface area (Å²) in [5, 5.41) is 0. The van der Waals surface area contributed by atoms with Crippen molar-refractivity contribution < 1.29 is 9.53 Å². The molecule has 0 unspecified atom stereocenters. The summed E-state index contributed by atoms with van der Waals surface area (Å²) in [6, 6.07) is 4.55. The van der Waals surface area contributed by atoms with Gasteiger partial charge in [0, 0.05) is 37.6 Å². The summed E-state index contributed by atoms with van der Waals surface area (Å²) >= 11 is 0. The normalized spacial score (nSPS) is 25.9. The lowest BCUT2D eigenvalue weighted by Gasteiger charge is -2.36. The molecule has 1 spiro atoms. The minimum absolute atomic E-state index is 0.0604. The van der Waals surface area contributed by atoms with Crippen molar-refractivity contribution in [1.29, 1.82) is 0 Å². The maximum Gasteiger partial charge on any atom is 0.410 e. The summed E-state index contributed by atoms with van der Waals surface area (Å²) < 4.78 is 5.84. The second-order valence-electron chi connectivity index (χ2n) is 7.44. The molecule has 0 aromatic carbocycles. The Morgan fingerprint density at radius 3 is 2.70 bits per heavy atom. The molecule has 0 bridgehead atoms. The molecule has 126 valence electrons. The van der Waals surface area contributed by atoms with Gasteiger partial charge in [0.1, 0.15) is 5.60 Å². The summed E-state index contributed by atoms with van der Waals surface area (Å²) in [6.07, 6.45) is 9.85. The van der Waals surface area contributed by atoms with Gasteiger partial charge in [-0.1, -0.05) is 6.42 Å². The van der Waals surface area contributed by atoms with Gasteiger partial charge in [0.15, 0.2) is 0 Å². The Labute approximate surface area is 138 Å². The lowest BCUT2D eigenvalue weighted by molar-refractivity contribution is 0.0259. The van der Waals surface area contributed by atoms with Crippen LogP contribution in [-0.2, 0) is 11.3 Å². The fraction of sp³-hybridized carbons (Fsp3) is 0.722. The van der Waals surface area contributed by atoms with E-state index in [9.17, 15) is 4.79 Å². The van der Waals surface area contributed by atoms with E-state index in [4.69, 9.17) is 4.74 Å². The molecule has 2 aliphatic heterocycles. The van der Waals surface area contributed by atoms with Crippen molar-refractivity contribution >= 4 is 6.09 Å². The number of aromatic nitrogens is 1. The molecule has 1 aromatic rings. The second kappa shape index (κ2) is 6.19. The molecule has 1 saturated carbocycles. The van der Waals surface area contributed by atoms with E-state index in [0.717, 1.165) is 51.9 Å². The van der Waals surface area contributed by atoms with Gasteiger partial charge in [-0.15, -0.1) is 0 Å². The minimum atomic E-state index is -0.156. The van der Waals surface area contributed by atoms with Gasteiger partial charge in [-0.05, 0) is 50.7 Å². The van der Waals surface area contributed by atoms with Gasteiger partial charge < -0.3 is 14.6 Å². The van der Waals surface area contributed by atoms with Crippen LogP contribution >= 0.6 is 0 Å². The maximum absolute atomic E-state index is 12.4. The van der Waals surface area contributed by atoms with E-state index in [1.807, 2.05) is 17.2 Å². The number of H-pyrrole nitrogens is 1. The molecule has 4 rings (SSSR count). The first-order chi connectivity index (χ1) is 11.2. The molecule has 23 heavy (non-hydrogen) atoms. The molecule has 0 radical (unpaired) electrons. The smallest absolute Gasteiger partial charge is 0.410 e. The van der Waals surface area contributed by atoms with Crippen molar-refractivity contribution in [2.75, 3.05) is 19.6 Å². The average molecular weight is 317 g/mol. The highest BCUT2D eigenvalue weighted by Crippen LogP contribution is 2.38. The molecule has 1 N–H and O–H groups in total. The van der Waals surface area contributed by atoms with Crippen molar-refractivity contribution in [3.63, 3.8) is 0 Å². The van der Waals surface area contributed by atoms with Crippen LogP contribution in [0.2, 0.25) is 0 Å². The first kappa shape index (κ1) is 15.1. The van der Waals surface area contributed by atoms with Gasteiger partial charge in [0.25, 0.3) is 0 Å². The minimum Gasteiger partial charge on any atom is -0.441 e. The van der Waals surface area contributed by atoms with E-state index in [1.165, 1.54) is 25.0 Å². The number of hydrogen-bond donors (Lipinski definition) is 1. The number of piperidine rings is 1. The first-order valence-corrected chi connectivity index (χ1v) is 9.08. The van der Waals surface area contributed by atoms with Crippen LogP contribution in [0.5, 0.6) is 0 Å². The zero-order valence-electron chi connectivity index (χ0n) is 13.8. The summed E-state index contributed by atoms with van der Waals surface area (Å²) in [5.74, 6) is 0. The van der Waals surface area contributed by atoms with E-state index in [2.05, 4.69) is 16.0 Å². The molecular formula is C18H27N3O2. The summed E-state index contributed by atoms with van der Waals surface area (Å²) in [7, 11) is 0. The number of ether oxygens (including phenoxy) is 1. The lowest BCUT2D eigenvalue weighted by Crippen LogP contribution is -2.46. The van der Waals surface area contributed by atoms with Crippen molar-refractivity contribution in [3.05, 3.63) is 24.0 Å². The van der Waals surface area contributed by atoms with Gasteiger partial charge in [-0.3, -0.25) is 4.90 Å². The number of nitrogens with zero attached hydrogens (tertiary/aromatic N) is 2. The quantitative estimate of drug-likeness (QED) is 0.932. The van der Waals surface area contributed by atoms with E-state index in [1.54, 1.807) is 0 Å². The van der Waals surface area contributed by atoms with Crippen molar-refractivity contribution in [2.45, 2.75) is 63.1 Å². The predicted octanol–water partition coefficient (Wildman–Crippen LogP) is 3.13. The summed E-state index contributed by atoms with van der Waals surface area (Å²) in [4.78, 5) is 20.2. The van der Waals surface area contributed by atoms with Gasteiger partial charge in [0.2, 0.25) is 0 Å². The van der Waals surface area contributed by atoms with Gasteiger partial charge in [-0.25, -0.2) is 4.79 Å². The molecule has 2 saturated heterocycles. The van der Waals surface area contributed by atoms with Crippen LogP contribution in [0, 0.1) is 0 Å². The van der Waals surface area contributed by atoms with Crippen molar-refractivity contribution in [2.24, 2.45) is 0 Å². The SMILES string of the molecule is O=C1OC2(CCCCC2)CN1C1CCN(Cc2ccc[nH]2)CC1. The molecule has 1 aromatic heterocycles. The van der Waals surface area contributed by atoms with Crippen LogP contribution in [0.4, 0.5) is 4.79 Å². The van der Waals surface area contributed by atoms with Crippen LogP contribution in [-0.4, -0.2) is 52.2 Å². The summed E-state index contributed by atoms with van der Waals surface area (Å²) in [6.45, 7) is 3.92. The Morgan fingerprint density at radius 1 is 1.22 bits per heavy atom. The molecule has 5 heteroatoms. The van der Waals surface area contributed by atoms with Crippen LogP contribution in [0.25, 0.3) is 0 Å². The van der Waals surface area contributed by atoms with Crippen LogP contribution in [0.15, 0.2) is 18.3 Å². The molecule has 5 nitrogen and oxygen atoms in total. The number of aromatic amines is 1. The zero-order chi connectivity index (χ0) is 15.7. The second-order valence-corrected chi connectivity index (χ2v) is 7.44. The third-order valence-electron chi connectivity index (χ3n) is 5.82. The van der Waals surface area contributed by atoms with E-state index >= 15 is 0 Å². The third kappa shape index (κ3) is 3.11. The number of amides is 1. The van der Waals surface area contributed by atoms with Gasteiger partial charge in [-0.2, -0.15) is 0 Å². The lowest BCUT2D eigenvalue weighted by atomic mass is 9.84. The van der Waals surface area contributed by atoms with E-state index < -0.39 is 0 Å². The fourth-order valence-electron chi connectivity index (χ4n) is 4.48. The Kier molecular flexibility index (Phi) is 4.05.